The van der Waals surface area contributed by atoms with E-state index in [0.29, 0.717) is 11.4 Å². The highest BCUT2D eigenvalue weighted by Gasteiger charge is 2.27. The highest BCUT2D eigenvalue weighted by molar-refractivity contribution is 7.89. The molecule has 1 atom stereocenters. The van der Waals surface area contributed by atoms with Gasteiger partial charge in [-0.05, 0) is 86.2 Å². The van der Waals surface area contributed by atoms with Crippen molar-refractivity contribution in [1.82, 2.24) is 9.62 Å². The Morgan fingerprint density at radius 3 is 2.21 bits per heavy atom. The SMILES string of the molecule is Cc1cc(C)c([C@H](C)NC(=O)CN(CCc2ccccc2)S(=O)(=O)c2ccc(Cl)cc2)cc1C. The third-order valence-electron chi connectivity index (χ3n) is 5.99. The number of halogens is 1. The molecular formula is C27H31ClN2O3S. The maximum absolute atomic E-state index is 13.4. The first-order valence-electron chi connectivity index (χ1n) is 11.2. The van der Waals surface area contributed by atoms with Crippen molar-refractivity contribution in [2.24, 2.45) is 0 Å². The average Bonchev–Trinajstić information content (AvgIpc) is 2.79. The van der Waals surface area contributed by atoms with E-state index in [-0.39, 0.29) is 29.9 Å². The topological polar surface area (TPSA) is 66.5 Å². The Morgan fingerprint density at radius 2 is 1.56 bits per heavy atom. The van der Waals surface area contributed by atoms with E-state index < -0.39 is 10.0 Å². The number of carbonyl (C=O) groups is 1. The summed E-state index contributed by atoms with van der Waals surface area (Å²) < 4.78 is 28.0. The molecule has 0 unspecified atom stereocenters. The van der Waals surface area contributed by atoms with Crippen LogP contribution in [-0.4, -0.2) is 31.7 Å². The van der Waals surface area contributed by atoms with Crippen LogP contribution in [0.1, 0.15) is 40.8 Å². The van der Waals surface area contributed by atoms with Crippen molar-refractivity contribution < 1.29 is 13.2 Å². The number of amides is 1. The van der Waals surface area contributed by atoms with Gasteiger partial charge in [-0.25, -0.2) is 8.42 Å². The summed E-state index contributed by atoms with van der Waals surface area (Å²) in [5, 5.41) is 3.43. The molecule has 0 heterocycles. The van der Waals surface area contributed by atoms with Gasteiger partial charge in [-0.3, -0.25) is 4.79 Å². The smallest absolute Gasteiger partial charge is 0.243 e. The van der Waals surface area contributed by atoms with Gasteiger partial charge < -0.3 is 5.32 Å². The maximum Gasteiger partial charge on any atom is 0.243 e. The van der Waals surface area contributed by atoms with Crippen molar-refractivity contribution in [1.29, 1.82) is 0 Å². The van der Waals surface area contributed by atoms with Gasteiger partial charge in [0.2, 0.25) is 15.9 Å². The number of nitrogens with one attached hydrogen (secondary N) is 1. The normalized spacial score (nSPS) is 12.5. The van der Waals surface area contributed by atoms with Gasteiger partial charge in [0.25, 0.3) is 0 Å². The van der Waals surface area contributed by atoms with E-state index in [1.54, 1.807) is 0 Å². The number of hydrogen-bond acceptors (Lipinski definition) is 3. The molecule has 0 fully saturated rings. The van der Waals surface area contributed by atoms with Crippen LogP contribution >= 0.6 is 11.6 Å². The molecule has 3 aromatic carbocycles. The van der Waals surface area contributed by atoms with Crippen molar-refractivity contribution in [3.05, 3.63) is 99.6 Å². The molecule has 0 spiro atoms. The van der Waals surface area contributed by atoms with Crippen molar-refractivity contribution >= 4 is 27.5 Å². The molecule has 0 radical (unpaired) electrons. The van der Waals surface area contributed by atoms with Gasteiger partial charge in [-0.15, -0.1) is 0 Å². The molecule has 7 heteroatoms. The largest absolute Gasteiger partial charge is 0.348 e. The molecule has 1 N–H and O–H groups in total. The second kappa shape index (κ2) is 11.2. The van der Waals surface area contributed by atoms with Crippen molar-refractivity contribution in [3.8, 4) is 0 Å². The zero-order valence-corrected chi connectivity index (χ0v) is 21.6. The van der Waals surface area contributed by atoms with E-state index >= 15 is 0 Å². The van der Waals surface area contributed by atoms with Crippen LogP contribution in [0.4, 0.5) is 0 Å². The van der Waals surface area contributed by atoms with E-state index in [1.807, 2.05) is 51.1 Å². The van der Waals surface area contributed by atoms with Crippen LogP contribution in [0.2, 0.25) is 5.02 Å². The van der Waals surface area contributed by atoms with Crippen LogP contribution in [0.15, 0.2) is 71.6 Å². The summed E-state index contributed by atoms with van der Waals surface area (Å²) in [7, 11) is -3.89. The lowest BCUT2D eigenvalue weighted by Crippen LogP contribution is -2.42. The molecule has 0 aliphatic carbocycles. The molecule has 5 nitrogen and oxygen atoms in total. The Morgan fingerprint density at radius 1 is 0.941 bits per heavy atom. The van der Waals surface area contributed by atoms with Gasteiger partial charge in [-0.1, -0.05) is 54.1 Å². The molecule has 0 saturated carbocycles. The van der Waals surface area contributed by atoms with Crippen molar-refractivity contribution in [2.45, 2.75) is 45.1 Å². The van der Waals surface area contributed by atoms with E-state index in [2.05, 4.69) is 24.4 Å². The Kier molecular flexibility index (Phi) is 8.52. The minimum absolute atomic E-state index is 0.107. The Hall–Kier alpha value is -2.67. The molecule has 0 saturated heterocycles. The zero-order valence-electron chi connectivity index (χ0n) is 20.0. The summed E-state index contributed by atoms with van der Waals surface area (Å²) in [6.45, 7) is 7.93. The molecule has 34 heavy (non-hydrogen) atoms. The molecule has 3 aromatic rings. The minimum atomic E-state index is -3.89. The van der Waals surface area contributed by atoms with Gasteiger partial charge in [0.05, 0.1) is 17.5 Å². The lowest BCUT2D eigenvalue weighted by molar-refractivity contribution is -0.121. The third kappa shape index (κ3) is 6.47. The zero-order chi connectivity index (χ0) is 24.9. The van der Waals surface area contributed by atoms with Gasteiger partial charge in [0, 0.05) is 11.6 Å². The van der Waals surface area contributed by atoms with Crippen molar-refractivity contribution in [2.75, 3.05) is 13.1 Å². The first-order valence-corrected chi connectivity index (χ1v) is 13.1. The number of nitrogens with zero attached hydrogens (tertiary/aromatic N) is 1. The fraction of sp³-hybridized carbons (Fsp3) is 0.296. The van der Waals surface area contributed by atoms with Crippen LogP contribution < -0.4 is 5.32 Å². The molecule has 0 aliphatic heterocycles. The molecule has 0 aliphatic rings. The van der Waals surface area contributed by atoms with Gasteiger partial charge in [0.15, 0.2) is 0 Å². The number of carbonyl (C=O) groups excluding carboxylic acids is 1. The second-order valence-corrected chi connectivity index (χ2v) is 11.0. The fourth-order valence-corrected chi connectivity index (χ4v) is 5.44. The van der Waals surface area contributed by atoms with E-state index in [9.17, 15) is 13.2 Å². The summed E-state index contributed by atoms with van der Waals surface area (Å²) in [6, 6.07) is 19.5. The third-order valence-corrected chi connectivity index (χ3v) is 8.10. The summed E-state index contributed by atoms with van der Waals surface area (Å²) in [5.41, 5.74) is 5.45. The van der Waals surface area contributed by atoms with Crippen LogP contribution in [0.3, 0.4) is 0 Å². The number of benzene rings is 3. The minimum Gasteiger partial charge on any atom is -0.348 e. The Bertz CT molecular complexity index is 1240. The summed E-state index contributed by atoms with van der Waals surface area (Å²) >= 11 is 5.94. The van der Waals surface area contributed by atoms with E-state index in [4.69, 9.17) is 11.6 Å². The number of rotatable bonds is 9. The molecular weight excluding hydrogens is 468 g/mol. The molecule has 180 valence electrons. The summed E-state index contributed by atoms with van der Waals surface area (Å²) in [4.78, 5) is 13.1. The van der Waals surface area contributed by atoms with Gasteiger partial charge >= 0.3 is 0 Å². The van der Waals surface area contributed by atoms with Gasteiger partial charge in [0.1, 0.15) is 0 Å². The average molecular weight is 499 g/mol. The summed E-state index contributed by atoms with van der Waals surface area (Å²) in [6.07, 6.45) is 0.493. The Labute approximate surface area is 207 Å². The first kappa shape index (κ1) is 25.9. The van der Waals surface area contributed by atoms with Crippen LogP contribution in [0.25, 0.3) is 0 Å². The molecule has 0 bridgehead atoms. The Balaban J connectivity index is 1.80. The standard InChI is InChI=1S/C27H31ClN2O3S/c1-19-16-21(3)26(17-20(19)2)22(4)29-27(31)18-30(15-14-23-8-6-5-7-9-23)34(32,33)25-12-10-24(28)11-13-25/h5-13,16-17,22H,14-15,18H2,1-4H3,(H,29,31)/t22-/m0/s1. The molecule has 0 aromatic heterocycles. The highest BCUT2D eigenvalue weighted by Crippen LogP contribution is 2.22. The second-order valence-electron chi connectivity index (χ2n) is 8.61. The lowest BCUT2D eigenvalue weighted by Gasteiger charge is -2.24. The van der Waals surface area contributed by atoms with E-state index in [1.165, 1.54) is 34.1 Å². The predicted molar refractivity (Wildman–Crippen MR) is 138 cm³/mol. The van der Waals surface area contributed by atoms with Crippen LogP contribution in [0, 0.1) is 20.8 Å². The van der Waals surface area contributed by atoms with Crippen molar-refractivity contribution in [3.63, 3.8) is 0 Å². The quantitative estimate of drug-likeness (QED) is 0.431. The number of aryl methyl sites for hydroxylation is 3. The number of hydrogen-bond donors (Lipinski definition) is 1. The molecule has 3 rings (SSSR count). The van der Waals surface area contributed by atoms with E-state index in [0.717, 1.165) is 22.3 Å². The maximum atomic E-state index is 13.4. The highest BCUT2D eigenvalue weighted by atomic mass is 35.5. The monoisotopic (exact) mass is 498 g/mol. The van der Waals surface area contributed by atoms with Crippen LogP contribution in [0.5, 0.6) is 0 Å². The fourth-order valence-electron chi connectivity index (χ4n) is 3.91. The number of sulfonamides is 1. The first-order chi connectivity index (χ1) is 16.1. The predicted octanol–water partition coefficient (Wildman–Crippen LogP) is 5.38. The summed E-state index contributed by atoms with van der Waals surface area (Å²) in [5.74, 6) is -0.351. The van der Waals surface area contributed by atoms with Gasteiger partial charge in [-0.2, -0.15) is 4.31 Å². The lowest BCUT2D eigenvalue weighted by atomic mass is 9.96. The molecule has 1 amide bonds. The van der Waals surface area contributed by atoms with Crippen LogP contribution in [-0.2, 0) is 21.2 Å².